The molecule has 0 amide bonds. The van der Waals surface area contributed by atoms with Gasteiger partial charge in [0.1, 0.15) is 0 Å². The summed E-state index contributed by atoms with van der Waals surface area (Å²) in [5, 5.41) is 6.15. The molecule has 3 aromatic rings. The van der Waals surface area contributed by atoms with E-state index >= 15 is 0 Å². The zero-order valence-corrected chi connectivity index (χ0v) is 17.4. The van der Waals surface area contributed by atoms with E-state index in [9.17, 15) is 13.2 Å². The van der Waals surface area contributed by atoms with Crippen molar-refractivity contribution in [2.45, 2.75) is 19.1 Å². The lowest BCUT2D eigenvalue weighted by atomic mass is 10.1. The molecule has 1 aliphatic rings. The van der Waals surface area contributed by atoms with Gasteiger partial charge in [-0.2, -0.15) is 28.1 Å². The minimum atomic E-state index is -4.44. The molecule has 7 nitrogen and oxygen atoms in total. The number of ether oxygens (including phenoxy) is 1. The van der Waals surface area contributed by atoms with Crippen molar-refractivity contribution >= 4 is 23.5 Å². The van der Waals surface area contributed by atoms with Crippen LogP contribution in [0.5, 0.6) is 0 Å². The molecule has 1 aromatic heterocycles. The number of nitrogens with one attached hydrogen (secondary N) is 2. The van der Waals surface area contributed by atoms with E-state index in [0.29, 0.717) is 38.2 Å². The predicted octanol–water partition coefficient (Wildman–Crippen LogP) is 4.64. The van der Waals surface area contributed by atoms with Crippen LogP contribution in [0.4, 0.5) is 36.7 Å². The van der Waals surface area contributed by atoms with Gasteiger partial charge in [0, 0.05) is 18.8 Å². The Kier molecular flexibility index (Phi) is 6.40. The van der Waals surface area contributed by atoms with Gasteiger partial charge in [-0.15, -0.1) is 0 Å². The second kappa shape index (κ2) is 9.39. The van der Waals surface area contributed by atoms with Crippen LogP contribution in [0.25, 0.3) is 0 Å². The topological polar surface area (TPSA) is 75.2 Å². The van der Waals surface area contributed by atoms with Gasteiger partial charge in [-0.3, -0.25) is 0 Å². The molecule has 2 N–H and O–H groups in total. The van der Waals surface area contributed by atoms with Crippen molar-refractivity contribution in [1.29, 1.82) is 0 Å². The Bertz CT molecular complexity index is 1040. The van der Waals surface area contributed by atoms with E-state index in [1.54, 1.807) is 0 Å². The number of alkyl halides is 3. The molecule has 1 fully saturated rings. The maximum absolute atomic E-state index is 13.1. The normalized spacial score (nSPS) is 15.3. The van der Waals surface area contributed by atoms with Gasteiger partial charge in [0.2, 0.25) is 17.8 Å². The molecule has 0 aliphatic carbocycles. The molecular formula is C22H23F3N6O. The van der Waals surface area contributed by atoms with Crippen molar-refractivity contribution in [3.05, 3.63) is 65.7 Å². The molecule has 2 heterocycles. The molecular weight excluding hydrogens is 421 g/mol. The number of rotatable bonds is 6. The van der Waals surface area contributed by atoms with Crippen LogP contribution >= 0.6 is 0 Å². The predicted molar refractivity (Wildman–Crippen MR) is 116 cm³/mol. The number of halogens is 3. The summed E-state index contributed by atoms with van der Waals surface area (Å²) >= 11 is 0. The maximum Gasteiger partial charge on any atom is 0.416 e. The highest BCUT2D eigenvalue weighted by molar-refractivity contribution is 5.57. The summed E-state index contributed by atoms with van der Waals surface area (Å²) in [4.78, 5) is 15.3. The maximum atomic E-state index is 13.1. The minimum absolute atomic E-state index is 0.0856. The number of hydrogen-bond donors (Lipinski definition) is 2. The second-order valence-corrected chi connectivity index (χ2v) is 7.36. The second-order valence-electron chi connectivity index (χ2n) is 7.36. The summed E-state index contributed by atoms with van der Waals surface area (Å²) in [5.74, 6) is 0.913. The van der Waals surface area contributed by atoms with Crippen LogP contribution in [-0.4, -0.2) is 41.3 Å². The Morgan fingerprint density at radius 2 is 1.66 bits per heavy atom. The molecule has 10 heteroatoms. The van der Waals surface area contributed by atoms with Crippen LogP contribution in [-0.2, 0) is 10.9 Å². The molecule has 4 rings (SSSR count). The van der Waals surface area contributed by atoms with Gasteiger partial charge in [0.25, 0.3) is 0 Å². The Morgan fingerprint density at radius 3 is 2.38 bits per heavy atom. The first-order valence-corrected chi connectivity index (χ1v) is 10.2. The fourth-order valence-electron chi connectivity index (χ4n) is 3.31. The number of morpholine rings is 1. The first-order valence-electron chi connectivity index (χ1n) is 10.2. The first-order chi connectivity index (χ1) is 15.4. The summed E-state index contributed by atoms with van der Waals surface area (Å²) in [5.41, 5.74) is 0.537. The Morgan fingerprint density at radius 1 is 0.938 bits per heavy atom. The quantitative estimate of drug-likeness (QED) is 0.574. The third-order valence-corrected chi connectivity index (χ3v) is 5.01. The fourth-order valence-corrected chi connectivity index (χ4v) is 3.31. The standard InChI is InChI=1S/C22H23F3N6O/c1-15(16-6-3-2-4-7-16)26-19-28-20(30-21(29-19)31-10-12-32-13-11-31)27-18-9-5-8-17(14-18)22(23,24)25/h2-9,14-15H,10-13H2,1H3,(H2,26,27,28,29,30)/t15-/m1/s1. The van der Waals surface area contributed by atoms with Crippen LogP contribution in [0.2, 0.25) is 0 Å². The molecule has 0 bridgehead atoms. The minimum Gasteiger partial charge on any atom is -0.378 e. The number of anilines is 4. The van der Waals surface area contributed by atoms with Crippen molar-refractivity contribution in [2.24, 2.45) is 0 Å². The summed E-state index contributed by atoms with van der Waals surface area (Å²) < 4.78 is 44.6. The van der Waals surface area contributed by atoms with Crippen molar-refractivity contribution < 1.29 is 17.9 Å². The highest BCUT2D eigenvalue weighted by atomic mass is 19.4. The molecule has 1 saturated heterocycles. The Hall–Kier alpha value is -3.40. The van der Waals surface area contributed by atoms with Gasteiger partial charge in [0.15, 0.2) is 0 Å². The first kappa shape index (κ1) is 21.8. The van der Waals surface area contributed by atoms with Gasteiger partial charge in [0.05, 0.1) is 24.8 Å². The smallest absolute Gasteiger partial charge is 0.378 e. The molecule has 1 atom stereocenters. The van der Waals surface area contributed by atoms with E-state index in [-0.39, 0.29) is 17.7 Å². The Balaban J connectivity index is 1.63. The number of nitrogens with zero attached hydrogens (tertiary/aromatic N) is 4. The molecule has 2 aromatic carbocycles. The molecule has 0 radical (unpaired) electrons. The fraction of sp³-hybridized carbons (Fsp3) is 0.318. The summed E-state index contributed by atoms with van der Waals surface area (Å²) in [6.45, 7) is 4.30. The van der Waals surface area contributed by atoms with Crippen molar-refractivity contribution in [3.8, 4) is 0 Å². The highest BCUT2D eigenvalue weighted by Gasteiger charge is 2.30. The van der Waals surface area contributed by atoms with Crippen LogP contribution in [0, 0.1) is 0 Å². The van der Waals surface area contributed by atoms with Crippen LogP contribution in [0.15, 0.2) is 54.6 Å². The van der Waals surface area contributed by atoms with Gasteiger partial charge in [-0.05, 0) is 30.7 Å². The van der Waals surface area contributed by atoms with Crippen LogP contribution < -0.4 is 15.5 Å². The molecule has 32 heavy (non-hydrogen) atoms. The summed E-state index contributed by atoms with van der Waals surface area (Å²) in [6.07, 6.45) is -4.44. The zero-order valence-electron chi connectivity index (χ0n) is 17.4. The molecule has 0 spiro atoms. The van der Waals surface area contributed by atoms with E-state index < -0.39 is 11.7 Å². The van der Waals surface area contributed by atoms with Crippen molar-refractivity contribution in [1.82, 2.24) is 15.0 Å². The van der Waals surface area contributed by atoms with Crippen LogP contribution in [0.1, 0.15) is 24.1 Å². The SMILES string of the molecule is C[C@@H](Nc1nc(Nc2cccc(C(F)(F)F)c2)nc(N2CCOCC2)n1)c1ccccc1. The van der Waals surface area contributed by atoms with E-state index in [4.69, 9.17) is 4.74 Å². The van der Waals surface area contributed by atoms with E-state index in [2.05, 4.69) is 25.6 Å². The summed E-state index contributed by atoms with van der Waals surface area (Å²) in [7, 11) is 0. The lowest BCUT2D eigenvalue weighted by Crippen LogP contribution is -2.37. The average molecular weight is 444 g/mol. The lowest BCUT2D eigenvalue weighted by Gasteiger charge is -2.27. The van der Waals surface area contributed by atoms with E-state index in [1.807, 2.05) is 42.2 Å². The molecule has 1 aliphatic heterocycles. The van der Waals surface area contributed by atoms with Gasteiger partial charge >= 0.3 is 6.18 Å². The summed E-state index contributed by atoms with van der Waals surface area (Å²) in [6, 6.07) is 14.6. The van der Waals surface area contributed by atoms with Crippen molar-refractivity contribution in [3.63, 3.8) is 0 Å². The lowest BCUT2D eigenvalue weighted by molar-refractivity contribution is -0.137. The van der Waals surface area contributed by atoms with E-state index in [1.165, 1.54) is 12.1 Å². The number of benzene rings is 2. The van der Waals surface area contributed by atoms with Crippen molar-refractivity contribution in [2.75, 3.05) is 41.8 Å². The highest BCUT2D eigenvalue weighted by Crippen LogP contribution is 2.31. The molecule has 0 saturated carbocycles. The zero-order chi connectivity index (χ0) is 22.6. The molecule has 168 valence electrons. The average Bonchev–Trinajstić information content (AvgIpc) is 2.80. The van der Waals surface area contributed by atoms with Crippen LogP contribution in [0.3, 0.4) is 0 Å². The Labute approximate surface area is 183 Å². The van der Waals surface area contributed by atoms with Gasteiger partial charge < -0.3 is 20.3 Å². The number of aromatic nitrogens is 3. The monoisotopic (exact) mass is 444 g/mol. The third kappa shape index (κ3) is 5.44. The largest absolute Gasteiger partial charge is 0.416 e. The third-order valence-electron chi connectivity index (χ3n) is 5.01. The van der Waals surface area contributed by atoms with E-state index in [0.717, 1.165) is 17.7 Å². The number of hydrogen-bond acceptors (Lipinski definition) is 7. The van der Waals surface area contributed by atoms with Gasteiger partial charge in [-0.25, -0.2) is 0 Å². The van der Waals surface area contributed by atoms with Gasteiger partial charge in [-0.1, -0.05) is 36.4 Å². The molecule has 0 unspecified atom stereocenters.